The largest absolute Gasteiger partial charge is 0.508 e. The van der Waals surface area contributed by atoms with Crippen molar-refractivity contribution in [3.63, 3.8) is 0 Å². The van der Waals surface area contributed by atoms with Crippen molar-refractivity contribution in [2.75, 3.05) is 15.1 Å². The minimum atomic E-state index is -1.17. The summed E-state index contributed by atoms with van der Waals surface area (Å²) >= 11 is 0. The molecule has 9 rings (SSSR count). The second-order valence-corrected chi connectivity index (χ2v) is 14.3. The quantitative estimate of drug-likeness (QED) is 0.174. The number of aromatic hydroxyl groups is 1. The number of nitrogens with zero attached hydrogens (tertiary/aromatic N) is 2. The lowest BCUT2D eigenvalue weighted by Gasteiger charge is -2.49. The first-order valence-corrected chi connectivity index (χ1v) is 17.3. The number of amides is 4. The molecule has 5 aliphatic rings. The molecule has 0 radical (unpaired) electrons. The van der Waals surface area contributed by atoms with Crippen LogP contribution in [-0.4, -0.2) is 28.7 Å². The first kappa shape index (κ1) is 31.1. The maximum absolute atomic E-state index is 14.7. The van der Waals surface area contributed by atoms with E-state index < -0.39 is 35.0 Å². The van der Waals surface area contributed by atoms with Crippen LogP contribution in [0.5, 0.6) is 11.5 Å². The number of para-hydroxylation sites is 2. The van der Waals surface area contributed by atoms with Gasteiger partial charge in [-0.15, -0.1) is 0 Å². The number of phenols is 1. The van der Waals surface area contributed by atoms with Gasteiger partial charge in [0, 0.05) is 29.3 Å². The van der Waals surface area contributed by atoms with Gasteiger partial charge in [-0.2, -0.15) is 0 Å². The molecule has 2 aliphatic carbocycles. The van der Waals surface area contributed by atoms with Crippen molar-refractivity contribution in [1.82, 2.24) is 0 Å². The predicted molar refractivity (Wildman–Crippen MR) is 191 cm³/mol. The van der Waals surface area contributed by atoms with Gasteiger partial charge in [-0.25, -0.2) is 4.90 Å². The molecule has 3 fully saturated rings. The lowest BCUT2D eigenvalue weighted by Crippen LogP contribution is -2.51. The van der Waals surface area contributed by atoms with Crippen LogP contribution in [0, 0.1) is 35.0 Å². The van der Waals surface area contributed by atoms with Crippen LogP contribution in [0.1, 0.15) is 25.3 Å². The lowest BCUT2D eigenvalue weighted by molar-refractivity contribution is -0.132. The van der Waals surface area contributed by atoms with E-state index in [0.717, 1.165) is 28.1 Å². The Morgan fingerprint density at radius 3 is 2.20 bits per heavy atom. The van der Waals surface area contributed by atoms with Crippen molar-refractivity contribution in [3.05, 3.63) is 132 Å². The van der Waals surface area contributed by atoms with E-state index in [1.54, 1.807) is 60.9 Å². The maximum Gasteiger partial charge on any atom is 0.241 e. The number of hydrogen-bond donors (Lipinski definition) is 2. The molecule has 0 spiro atoms. The lowest BCUT2D eigenvalue weighted by atomic mass is 9.51. The highest BCUT2D eigenvalue weighted by molar-refractivity contribution is 6.25. The van der Waals surface area contributed by atoms with Crippen LogP contribution in [-0.2, 0) is 25.6 Å². The molecule has 4 aromatic carbocycles. The molecule has 4 aromatic rings. The Hall–Kier alpha value is -5.96. The Morgan fingerprint density at radius 2 is 1.45 bits per heavy atom. The molecule has 254 valence electrons. The Labute approximate surface area is 294 Å². The molecule has 51 heavy (non-hydrogen) atoms. The molecule has 3 aliphatic heterocycles. The summed E-state index contributed by atoms with van der Waals surface area (Å²) in [6.45, 7) is 1.87. The molecule has 9 nitrogen and oxygen atoms in total. The fourth-order valence-corrected chi connectivity index (χ4v) is 9.31. The average Bonchev–Trinajstić information content (AvgIpc) is 3.51. The van der Waals surface area contributed by atoms with Gasteiger partial charge in [-0.3, -0.25) is 24.1 Å². The molecule has 2 saturated heterocycles. The number of imide groups is 2. The summed E-state index contributed by atoms with van der Waals surface area (Å²) in [7, 11) is 0. The van der Waals surface area contributed by atoms with Crippen LogP contribution in [0.15, 0.2) is 127 Å². The first-order chi connectivity index (χ1) is 24.7. The van der Waals surface area contributed by atoms with Gasteiger partial charge in [-0.1, -0.05) is 48.0 Å². The van der Waals surface area contributed by atoms with E-state index in [-0.39, 0.29) is 35.8 Å². The molecule has 2 N–H and O–H groups in total. The van der Waals surface area contributed by atoms with Gasteiger partial charge in [-0.05, 0) is 98.0 Å². The number of ether oxygens (including phenoxy) is 1. The molecule has 1 saturated carbocycles. The van der Waals surface area contributed by atoms with Crippen LogP contribution in [0.4, 0.5) is 22.7 Å². The highest BCUT2D eigenvalue weighted by atomic mass is 16.5. The predicted octanol–water partition coefficient (Wildman–Crippen LogP) is 6.92. The van der Waals surface area contributed by atoms with Crippen LogP contribution >= 0.6 is 0 Å². The van der Waals surface area contributed by atoms with Gasteiger partial charge in [0.1, 0.15) is 11.5 Å². The first-order valence-electron chi connectivity index (χ1n) is 17.3. The van der Waals surface area contributed by atoms with Crippen LogP contribution in [0.2, 0.25) is 0 Å². The van der Waals surface area contributed by atoms with E-state index in [0.29, 0.717) is 30.0 Å². The van der Waals surface area contributed by atoms with Crippen molar-refractivity contribution in [1.29, 1.82) is 0 Å². The zero-order valence-corrected chi connectivity index (χ0v) is 27.9. The van der Waals surface area contributed by atoms with E-state index >= 15 is 0 Å². The highest BCUT2D eigenvalue weighted by Crippen LogP contribution is 2.63. The number of allylic oxidation sites excluding steroid dienone is 3. The van der Waals surface area contributed by atoms with Crippen molar-refractivity contribution in [2.45, 2.75) is 26.2 Å². The van der Waals surface area contributed by atoms with Crippen LogP contribution in [0.25, 0.3) is 0 Å². The summed E-state index contributed by atoms with van der Waals surface area (Å²) in [5, 5.41) is 13.6. The zero-order chi connectivity index (χ0) is 35.0. The van der Waals surface area contributed by atoms with Gasteiger partial charge < -0.3 is 15.2 Å². The zero-order valence-electron chi connectivity index (χ0n) is 27.9. The summed E-state index contributed by atoms with van der Waals surface area (Å²) in [6, 6.07) is 30.9. The standard InChI is InChI=1S/C42H35N3O6/c1-42-34(39(48)45(41(42)50)28-10-6-3-7-11-28)22-33-31(37(42)25-20-24-21-30(46)16-19-35(24)51-23-25)17-18-32-36(33)40(49)44(38(32)47)29-14-12-27(13-15-29)43-26-8-4-2-5-9-26/h2-17,19,21,23,32-34,36-37,43,46H,18,20,22H2,1H3. The minimum Gasteiger partial charge on any atom is -0.508 e. The minimum absolute atomic E-state index is 0.102. The fourth-order valence-electron chi connectivity index (χ4n) is 9.31. The fraction of sp³-hybridized carbons (Fsp3) is 0.238. The molecule has 0 aromatic heterocycles. The van der Waals surface area contributed by atoms with E-state index in [2.05, 4.69) is 5.32 Å². The molecule has 6 unspecified atom stereocenters. The number of carbonyl (C=O) groups excluding carboxylic acids is 4. The Morgan fingerprint density at radius 1 is 0.765 bits per heavy atom. The SMILES string of the molecule is CC12C(=O)N(c3ccccc3)C(=O)C1CC1C(=CCC3C(=O)N(c4ccc(Nc5ccccc5)cc4)C(=O)C31)C2C1=COc2ccc(O)cc2C1. The van der Waals surface area contributed by atoms with Gasteiger partial charge >= 0.3 is 0 Å². The van der Waals surface area contributed by atoms with Crippen molar-refractivity contribution >= 4 is 46.4 Å². The van der Waals surface area contributed by atoms with Crippen molar-refractivity contribution < 1.29 is 29.0 Å². The van der Waals surface area contributed by atoms with Crippen molar-refractivity contribution in [3.8, 4) is 11.5 Å². The van der Waals surface area contributed by atoms with E-state index in [1.807, 2.05) is 61.5 Å². The topological polar surface area (TPSA) is 116 Å². The number of fused-ring (bicyclic) bond motifs is 5. The second-order valence-electron chi connectivity index (χ2n) is 14.3. The Kier molecular flexibility index (Phi) is 7.03. The number of nitrogens with one attached hydrogen (secondary N) is 1. The molecule has 6 atom stereocenters. The monoisotopic (exact) mass is 677 g/mol. The van der Waals surface area contributed by atoms with Crippen LogP contribution < -0.4 is 19.9 Å². The van der Waals surface area contributed by atoms with Gasteiger partial charge in [0.05, 0.1) is 40.8 Å². The summed E-state index contributed by atoms with van der Waals surface area (Å²) in [5.74, 6) is -3.41. The summed E-state index contributed by atoms with van der Waals surface area (Å²) in [5.41, 5.74) is 4.04. The van der Waals surface area contributed by atoms with Crippen molar-refractivity contribution in [2.24, 2.45) is 35.0 Å². The average molecular weight is 678 g/mol. The number of hydrogen-bond acceptors (Lipinski definition) is 7. The van der Waals surface area contributed by atoms with Crippen LogP contribution in [0.3, 0.4) is 0 Å². The number of benzene rings is 4. The molecular weight excluding hydrogens is 642 g/mol. The third kappa shape index (κ3) is 4.67. The molecule has 9 heteroatoms. The number of carbonyl (C=O) groups is 4. The summed E-state index contributed by atoms with van der Waals surface area (Å²) in [4.78, 5) is 60.3. The molecule has 4 amide bonds. The smallest absolute Gasteiger partial charge is 0.241 e. The molecule has 0 bridgehead atoms. The second kappa shape index (κ2) is 11.6. The number of anilines is 4. The van der Waals surface area contributed by atoms with Gasteiger partial charge in [0.2, 0.25) is 23.6 Å². The summed E-state index contributed by atoms with van der Waals surface area (Å²) < 4.78 is 6.09. The Bertz CT molecular complexity index is 2180. The number of phenolic OH excluding ortho intramolecular Hbond substituents is 1. The third-order valence-corrected chi connectivity index (χ3v) is 11.6. The summed E-state index contributed by atoms with van der Waals surface area (Å²) in [6.07, 6.45) is 4.72. The third-order valence-electron chi connectivity index (χ3n) is 11.6. The van der Waals surface area contributed by atoms with E-state index in [9.17, 15) is 24.3 Å². The Balaban J connectivity index is 1.09. The van der Waals surface area contributed by atoms with E-state index in [4.69, 9.17) is 4.74 Å². The molecular formula is C42H35N3O6. The number of rotatable bonds is 5. The highest BCUT2D eigenvalue weighted by Gasteiger charge is 2.68. The normalized spacial score (nSPS) is 27.9. The molecule has 3 heterocycles. The van der Waals surface area contributed by atoms with Gasteiger partial charge in [0.15, 0.2) is 0 Å². The maximum atomic E-state index is 14.7. The van der Waals surface area contributed by atoms with Gasteiger partial charge in [0.25, 0.3) is 0 Å². The van der Waals surface area contributed by atoms with E-state index in [1.165, 1.54) is 9.80 Å².